The third-order valence-corrected chi connectivity index (χ3v) is 6.10. The fraction of sp³-hybridized carbons (Fsp3) is 0.154. The van der Waals surface area contributed by atoms with Gasteiger partial charge in [-0.25, -0.2) is 4.39 Å². The van der Waals surface area contributed by atoms with Crippen LogP contribution in [0.3, 0.4) is 0 Å². The second-order valence-electron chi connectivity index (χ2n) is 7.80. The molecule has 3 aromatic carbocycles. The molecule has 8 nitrogen and oxygen atoms in total. The van der Waals surface area contributed by atoms with E-state index in [9.17, 15) is 14.0 Å². The molecule has 0 radical (unpaired) electrons. The fourth-order valence-electron chi connectivity index (χ4n) is 3.47. The van der Waals surface area contributed by atoms with E-state index in [1.165, 1.54) is 36.0 Å². The summed E-state index contributed by atoms with van der Waals surface area (Å²) in [5.74, 6) is 0.203. The number of carbonyl (C=O) groups excluding carboxylic acids is 2. The minimum atomic E-state index is -0.380. The first-order chi connectivity index (χ1) is 17.4. The van der Waals surface area contributed by atoms with E-state index >= 15 is 0 Å². The van der Waals surface area contributed by atoms with Gasteiger partial charge in [-0.2, -0.15) is 0 Å². The van der Waals surface area contributed by atoms with E-state index in [4.69, 9.17) is 4.74 Å². The number of nitrogens with zero attached hydrogens (tertiary/aromatic N) is 3. The largest absolute Gasteiger partial charge is 0.495 e. The molecule has 0 spiro atoms. The average Bonchev–Trinajstić information content (AvgIpc) is 3.29. The number of aryl methyl sites for hydroxylation is 1. The summed E-state index contributed by atoms with van der Waals surface area (Å²) in [7, 11) is 1.56. The van der Waals surface area contributed by atoms with Gasteiger partial charge in [-0.15, -0.1) is 10.2 Å². The van der Waals surface area contributed by atoms with Crippen LogP contribution >= 0.6 is 11.8 Å². The van der Waals surface area contributed by atoms with Crippen molar-refractivity contribution in [2.24, 2.45) is 0 Å². The van der Waals surface area contributed by atoms with E-state index < -0.39 is 0 Å². The summed E-state index contributed by atoms with van der Waals surface area (Å²) in [6.45, 7) is 2.03. The fourth-order valence-corrected chi connectivity index (χ4v) is 4.24. The van der Waals surface area contributed by atoms with Gasteiger partial charge in [0, 0.05) is 11.3 Å². The first-order valence-corrected chi connectivity index (χ1v) is 12.0. The van der Waals surface area contributed by atoms with Crippen LogP contribution in [0, 0.1) is 12.7 Å². The zero-order valence-corrected chi connectivity index (χ0v) is 20.5. The first-order valence-electron chi connectivity index (χ1n) is 11.1. The van der Waals surface area contributed by atoms with Crippen molar-refractivity contribution in [3.8, 4) is 11.4 Å². The molecule has 1 heterocycles. The number of thioether (sulfide) groups is 1. The first kappa shape index (κ1) is 24.9. The molecule has 0 unspecified atom stereocenters. The third-order valence-electron chi connectivity index (χ3n) is 5.17. The summed E-state index contributed by atoms with van der Waals surface area (Å²) in [5.41, 5.74) is 2.70. The zero-order valence-electron chi connectivity index (χ0n) is 19.7. The molecule has 0 bridgehead atoms. The van der Waals surface area contributed by atoms with Gasteiger partial charge in [0.25, 0.3) is 5.91 Å². The van der Waals surface area contributed by atoms with Gasteiger partial charge in [-0.3, -0.25) is 14.2 Å². The normalized spacial score (nSPS) is 10.6. The van der Waals surface area contributed by atoms with Crippen molar-refractivity contribution in [2.75, 3.05) is 18.2 Å². The number of amides is 2. The highest BCUT2D eigenvalue weighted by molar-refractivity contribution is 7.99. The molecular weight excluding hydrogens is 481 g/mol. The van der Waals surface area contributed by atoms with E-state index in [1.807, 2.05) is 37.3 Å². The average molecular weight is 506 g/mol. The number of hydrogen-bond donors (Lipinski definition) is 2. The second-order valence-corrected chi connectivity index (χ2v) is 8.74. The maximum absolute atomic E-state index is 13.1. The molecule has 0 aliphatic carbocycles. The Labute approximate surface area is 211 Å². The quantitative estimate of drug-likeness (QED) is 0.328. The van der Waals surface area contributed by atoms with Crippen molar-refractivity contribution in [3.05, 3.63) is 95.6 Å². The molecule has 0 saturated heterocycles. The van der Waals surface area contributed by atoms with E-state index in [2.05, 4.69) is 20.8 Å². The minimum absolute atomic E-state index is 0.0420. The maximum Gasteiger partial charge on any atom is 0.251 e. The van der Waals surface area contributed by atoms with Gasteiger partial charge >= 0.3 is 0 Å². The van der Waals surface area contributed by atoms with Crippen molar-refractivity contribution < 1.29 is 18.7 Å². The number of aromatic nitrogens is 3. The number of methoxy groups -OCH3 is 1. The molecule has 0 aliphatic rings. The Morgan fingerprint density at radius 1 is 1.03 bits per heavy atom. The molecule has 0 fully saturated rings. The van der Waals surface area contributed by atoms with Gasteiger partial charge in [0.1, 0.15) is 11.6 Å². The number of rotatable bonds is 9. The molecule has 2 amide bonds. The second kappa shape index (κ2) is 11.5. The molecule has 4 rings (SSSR count). The number of carbonyl (C=O) groups is 2. The van der Waals surface area contributed by atoms with Crippen molar-refractivity contribution in [3.63, 3.8) is 0 Å². The van der Waals surface area contributed by atoms with Crippen molar-refractivity contribution >= 4 is 29.3 Å². The number of anilines is 1. The SMILES string of the molecule is COc1ccccc1-n1c(CNC(=O)c2cccc(C)c2)nnc1SCC(=O)Nc1ccc(F)cc1. The summed E-state index contributed by atoms with van der Waals surface area (Å²) in [5, 5.41) is 14.6. The standard InChI is InChI=1S/C26H24FN5O3S/c1-17-6-5-7-18(14-17)25(34)28-15-23-30-31-26(32(23)21-8-3-4-9-22(21)35-2)36-16-24(33)29-20-12-10-19(27)11-13-20/h3-14H,15-16H2,1-2H3,(H,28,34)(H,29,33). The number of benzene rings is 3. The van der Waals surface area contributed by atoms with Crippen molar-refractivity contribution in [1.82, 2.24) is 20.1 Å². The number of para-hydroxylation sites is 2. The van der Waals surface area contributed by atoms with Crippen LogP contribution in [-0.4, -0.2) is 39.4 Å². The summed E-state index contributed by atoms with van der Waals surface area (Å²) in [6.07, 6.45) is 0. The molecular formula is C26H24FN5O3S. The van der Waals surface area contributed by atoms with Crippen molar-refractivity contribution in [2.45, 2.75) is 18.6 Å². The highest BCUT2D eigenvalue weighted by atomic mass is 32.2. The van der Waals surface area contributed by atoms with Gasteiger partial charge in [0.15, 0.2) is 11.0 Å². The molecule has 4 aromatic rings. The van der Waals surface area contributed by atoms with Gasteiger partial charge < -0.3 is 15.4 Å². The predicted octanol–water partition coefficient (Wildman–Crippen LogP) is 4.38. The van der Waals surface area contributed by atoms with Crippen LogP contribution in [0.25, 0.3) is 5.69 Å². The Balaban J connectivity index is 1.54. The number of ether oxygens (including phenoxy) is 1. The molecule has 184 valence electrons. The van der Waals surface area contributed by atoms with Gasteiger partial charge in [0.05, 0.1) is 25.1 Å². The van der Waals surface area contributed by atoms with E-state index in [0.717, 1.165) is 5.56 Å². The number of hydrogen-bond acceptors (Lipinski definition) is 6. The topological polar surface area (TPSA) is 98.1 Å². The highest BCUT2D eigenvalue weighted by Gasteiger charge is 2.19. The molecule has 2 N–H and O–H groups in total. The lowest BCUT2D eigenvalue weighted by Crippen LogP contribution is -2.24. The van der Waals surface area contributed by atoms with Crippen LogP contribution in [0.2, 0.25) is 0 Å². The van der Waals surface area contributed by atoms with Crippen LogP contribution < -0.4 is 15.4 Å². The third kappa shape index (κ3) is 6.08. The summed E-state index contributed by atoms with van der Waals surface area (Å²) in [6, 6.07) is 20.2. The lowest BCUT2D eigenvalue weighted by Gasteiger charge is -2.14. The van der Waals surface area contributed by atoms with Gasteiger partial charge in [-0.1, -0.05) is 41.6 Å². The monoisotopic (exact) mass is 505 g/mol. The van der Waals surface area contributed by atoms with E-state index in [-0.39, 0.29) is 29.9 Å². The maximum atomic E-state index is 13.1. The molecule has 36 heavy (non-hydrogen) atoms. The lowest BCUT2D eigenvalue weighted by atomic mass is 10.1. The van der Waals surface area contributed by atoms with Crippen LogP contribution in [-0.2, 0) is 11.3 Å². The molecule has 0 saturated carbocycles. The van der Waals surface area contributed by atoms with Crippen LogP contribution in [0.1, 0.15) is 21.7 Å². The van der Waals surface area contributed by atoms with E-state index in [1.54, 1.807) is 29.9 Å². The van der Waals surface area contributed by atoms with Crippen molar-refractivity contribution in [1.29, 1.82) is 0 Å². The Morgan fingerprint density at radius 2 is 1.81 bits per heavy atom. The summed E-state index contributed by atoms with van der Waals surface area (Å²) in [4.78, 5) is 25.2. The highest BCUT2D eigenvalue weighted by Crippen LogP contribution is 2.28. The smallest absolute Gasteiger partial charge is 0.251 e. The van der Waals surface area contributed by atoms with Crippen LogP contribution in [0.4, 0.5) is 10.1 Å². The van der Waals surface area contributed by atoms with E-state index in [0.29, 0.717) is 33.7 Å². The number of nitrogens with one attached hydrogen (secondary N) is 2. The van der Waals surface area contributed by atoms with Crippen LogP contribution in [0.15, 0.2) is 78.0 Å². The van der Waals surface area contributed by atoms with Gasteiger partial charge in [-0.05, 0) is 55.5 Å². The zero-order chi connectivity index (χ0) is 25.5. The predicted molar refractivity (Wildman–Crippen MR) is 136 cm³/mol. The lowest BCUT2D eigenvalue weighted by molar-refractivity contribution is -0.113. The summed E-state index contributed by atoms with van der Waals surface area (Å²) >= 11 is 1.18. The summed E-state index contributed by atoms with van der Waals surface area (Å²) < 4.78 is 20.4. The molecule has 1 aromatic heterocycles. The Bertz CT molecular complexity index is 1370. The molecule has 0 atom stereocenters. The Hall–Kier alpha value is -4.18. The minimum Gasteiger partial charge on any atom is -0.495 e. The van der Waals surface area contributed by atoms with Crippen LogP contribution in [0.5, 0.6) is 5.75 Å². The van der Waals surface area contributed by atoms with Gasteiger partial charge in [0.2, 0.25) is 5.91 Å². The molecule has 0 aliphatic heterocycles. The number of halogens is 1. The Kier molecular flexibility index (Phi) is 7.96. The molecule has 10 heteroatoms. The Morgan fingerprint density at radius 3 is 2.56 bits per heavy atom.